The Morgan fingerprint density at radius 1 is 0.963 bits per heavy atom. The summed E-state index contributed by atoms with van der Waals surface area (Å²) in [6.45, 7) is 5.06. The van der Waals surface area contributed by atoms with Crippen molar-refractivity contribution in [2.24, 2.45) is 0 Å². The largest absolute Gasteiger partial charge is 0.455 e. The van der Waals surface area contributed by atoms with Gasteiger partial charge in [-0.05, 0) is 38.1 Å². The molecule has 0 aliphatic carbocycles. The lowest BCUT2D eigenvalue weighted by Gasteiger charge is -2.26. The average Bonchev–Trinajstić information content (AvgIpc) is 2.64. The number of ether oxygens (including phenoxy) is 1. The van der Waals surface area contributed by atoms with Crippen LogP contribution in [0.25, 0.3) is 0 Å². The molecule has 0 atom stereocenters. The third-order valence-electron chi connectivity index (χ3n) is 4.15. The van der Waals surface area contributed by atoms with Gasteiger partial charge in [-0.1, -0.05) is 30.3 Å². The van der Waals surface area contributed by atoms with Crippen LogP contribution in [0.3, 0.4) is 0 Å². The molecule has 0 bridgehead atoms. The Hall–Kier alpha value is -2.54. The summed E-state index contributed by atoms with van der Waals surface area (Å²) >= 11 is 0. The normalized spacial score (nSPS) is 11.1. The number of benzene rings is 2. The van der Waals surface area contributed by atoms with Gasteiger partial charge in [0.25, 0.3) is 0 Å². The molecule has 146 valence electrons. The number of carbonyl (C=O) groups is 1. The first kappa shape index (κ1) is 20.8. The highest BCUT2D eigenvalue weighted by Gasteiger charge is 2.23. The predicted octanol–water partition coefficient (Wildman–Crippen LogP) is 3.50. The number of para-hydroxylation sites is 3. The molecule has 0 aromatic heterocycles. The molecule has 1 amide bonds. The first-order chi connectivity index (χ1) is 12.9. The smallest absolute Gasteiger partial charge is 0.232 e. The van der Waals surface area contributed by atoms with Crippen molar-refractivity contribution in [2.75, 3.05) is 30.2 Å². The second kappa shape index (κ2) is 9.41. The molecule has 0 unspecified atom stereocenters. The molecule has 2 aromatic rings. The fourth-order valence-electron chi connectivity index (χ4n) is 2.76. The Morgan fingerprint density at radius 2 is 1.56 bits per heavy atom. The van der Waals surface area contributed by atoms with Crippen molar-refractivity contribution in [3.05, 3.63) is 54.6 Å². The van der Waals surface area contributed by atoms with Crippen LogP contribution in [0.15, 0.2) is 54.6 Å². The fraction of sp³-hybridized carbons (Fsp3) is 0.350. The van der Waals surface area contributed by atoms with E-state index in [-0.39, 0.29) is 18.9 Å². The minimum absolute atomic E-state index is 0.0589. The summed E-state index contributed by atoms with van der Waals surface area (Å²) in [4.78, 5) is 14.0. The van der Waals surface area contributed by atoms with E-state index in [1.165, 1.54) is 4.31 Å². The Morgan fingerprint density at radius 3 is 2.15 bits per heavy atom. The van der Waals surface area contributed by atoms with Crippen LogP contribution >= 0.6 is 0 Å². The van der Waals surface area contributed by atoms with Gasteiger partial charge >= 0.3 is 0 Å². The van der Waals surface area contributed by atoms with E-state index in [2.05, 4.69) is 0 Å². The van der Waals surface area contributed by atoms with E-state index in [1.807, 2.05) is 32.0 Å². The van der Waals surface area contributed by atoms with Crippen LogP contribution in [-0.2, 0) is 14.8 Å². The zero-order valence-corrected chi connectivity index (χ0v) is 16.8. The van der Waals surface area contributed by atoms with Crippen molar-refractivity contribution in [2.45, 2.75) is 20.3 Å². The van der Waals surface area contributed by atoms with Gasteiger partial charge in [0, 0.05) is 26.1 Å². The van der Waals surface area contributed by atoms with Gasteiger partial charge in [0.05, 0.1) is 11.9 Å². The molecule has 0 saturated heterocycles. The van der Waals surface area contributed by atoms with E-state index in [0.29, 0.717) is 30.3 Å². The second-order valence-electron chi connectivity index (χ2n) is 6.03. The van der Waals surface area contributed by atoms with Gasteiger partial charge in [-0.25, -0.2) is 8.42 Å². The molecule has 0 aliphatic rings. The third-order valence-corrected chi connectivity index (χ3v) is 5.33. The number of anilines is 1. The molecule has 0 spiro atoms. The Bertz CT molecular complexity index is 849. The molecule has 27 heavy (non-hydrogen) atoms. The first-order valence-corrected chi connectivity index (χ1v) is 10.8. The van der Waals surface area contributed by atoms with Gasteiger partial charge in [0.15, 0.2) is 5.75 Å². The summed E-state index contributed by atoms with van der Waals surface area (Å²) < 4.78 is 31.9. The minimum atomic E-state index is -3.58. The topological polar surface area (TPSA) is 66.9 Å². The molecule has 0 saturated carbocycles. The maximum absolute atomic E-state index is 12.4. The van der Waals surface area contributed by atoms with E-state index < -0.39 is 10.0 Å². The molecule has 2 aromatic carbocycles. The van der Waals surface area contributed by atoms with Crippen molar-refractivity contribution in [1.29, 1.82) is 0 Å². The maximum Gasteiger partial charge on any atom is 0.232 e. The highest BCUT2D eigenvalue weighted by Crippen LogP contribution is 2.33. The van der Waals surface area contributed by atoms with E-state index in [4.69, 9.17) is 4.74 Å². The SMILES string of the molecule is CCN(CC)C(=O)CCN(c1ccccc1Oc1ccccc1)S(C)(=O)=O. The molecule has 2 rings (SSSR count). The van der Waals surface area contributed by atoms with Crippen molar-refractivity contribution in [1.82, 2.24) is 4.90 Å². The van der Waals surface area contributed by atoms with Crippen molar-refractivity contribution in [3.8, 4) is 11.5 Å². The lowest BCUT2D eigenvalue weighted by Crippen LogP contribution is -2.36. The average molecular weight is 391 g/mol. The Labute approximate surface area is 161 Å². The van der Waals surface area contributed by atoms with Gasteiger partial charge in [-0.15, -0.1) is 0 Å². The van der Waals surface area contributed by atoms with Gasteiger partial charge in [-0.3, -0.25) is 9.10 Å². The summed E-state index contributed by atoms with van der Waals surface area (Å²) in [7, 11) is -3.58. The second-order valence-corrected chi connectivity index (χ2v) is 7.94. The van der Waals surface area contributed by atoms with Gasteiger partial charge in [0.2, 0.25) is 15.9 Å². The molecule has 0 fully saturated rings. The molecule has 6 nitrogen and oxygen atoms in total. The Balaban J connectivity index is 2.28. The monoisotopic (exact) mass is 390 g/mol. The molecule has 0 N–H and O–H groups in total. The van der Waals surface area contributed by atoms with Crippen molar-refractivity contribution < 1.29 is 17.9 Å². The van der Waals surface area contributed by atoms with E-state index in [0.717, 1.165) is 6.26 Å². The fourth-order valence-corrected chi connectivity index (χ4v) is 3.69. The summed E-state index contributed by atoms with van der Waals surface area (Å²) in [5.41, 5.74) is 0.413. The van der Waals surface area contributed by atoms with Crippen LogP contribution in [0.5, 0.6) is 11.5 Å². The van der Waals surface area contributed by atoms with Crippen LogP contribution in [-0.4, -0.2) is 45.1 Å². The zero-order valence-electron chi connectivity index (χ0n) is 16.0. The van der Waals surface area contributed by atoms with Crippen molar-refractivity contribution in [3.63, 3.8) is 0 Å². The molecule has 7 heteroatoms. The van der Waals surface area contributed by atoms with E-state index >= 15 is 0 Å². The minimum Gasteiger partial charge on any atom is -0.455 e. The van der Waals surface area contributed by atoms with Crippen LogP contribution < -0.4 is 9.04 Å². The van der Waals surface area contributed by atoms with E-state index in [9.17, 15) is 13.2 Å². The molecule has 0 radical (unpaired) electrons. The summed E-state index contributed by atoms with van der Waals surface area (Å²) in [6, 6.07) is 16.1. The van der Waals surface area contributed by atoms with E-state index in [1.54, 1.807) is 41.3 Å². The number of amides is 1. The highest BCUT2D eigenvalue weighted by molar-refractivity contribution is 7.92. The molecular weight excluding hydrogens is 364 g/mol. The van der Waals surface area contributed by atoms with Gasteiger partial charge < -0.3 is 9.64 Å². The zero-order chi connectivity index (χ0) is 19.9. The quantitative estimate of drug-likeness (QED) is 0.657. The Kier molecular flexibility index (Phi) is 7.24. The third kappa shape index (κ3) is 5.72. The van der Waals surface area contributed by atoms with Crippen LogP contribution in [0.4, 0.5) is 5.69 Å². The number of hydrogen-bond acceptors (Lipinski definition) is 4. The number of rotatable bonds is 9. The first-order valence-electron chi connectivity index (χ1n) is 8.94. The summed E-state index contributed by atoms with van der Waals surface area (Å²) in [5.74, 6) is 0.956. The molecule has 0 heterocycles. The summed E-state index contributed by atoms with van der Waals surface area (Å²) in [6.07, 6.45) is 1.24. The number of nitrogens with zero attached hydrogens (tertiary/aromatic N) is 2. The molecular formula is C20H26N2O4S. The lowest BCUT2D eigenvalue weighted by atomic mass is 10.2. The lowest BCUT2D eigenvalue weighted by molar-refractivity contribution is -0.130. The maximum atomic E-state index is 12.4. The summed E-state index contributed by atoms with van der Waals surface area (Å²) in [5, 5.41) is 0. The van der Waals surface area contributed by atoms with Gasteiger partial charge in [-0.2, -0.15) is 0 Å². The molecule has 0 aliphatic heterocycles. The van der Waals surface area contributed by atoms with Crippen LogP contribution in [0.2, 0.25) is 0 Å². The number of hydrogen-bond donors (Lipinski definition) is 0. The predicted molar refractivity (Wildman–Crippen MR) is 108 cm³/mol. The number of carbonyl (C=O) groups excluding carboxylic acids is 1. The number of sulfonamides is 1. The van der Waals surface area contributed by atoms with Crippen molar-refractivity contribution >= 4 is 21.6 Å². The highest BCUT2D eigenvalue weighted by atomic mass is 32.2. The van der Waals surface area contributed by atoms with Gasteiger partial charge in [0.1, 0.15) is 5.75 Å². The van der Waals surface area contributed by atoms with Crippen LogP contribution in [0, 0.1) is 0 Å². The standard InChI is InChI=1S/C20H26N2O4S/c1-4-21(5-2)20(23)15-16-22(27(3,24)25)18-13-9-10-14-19(18)26-17-11-7-6-8-12-17/h6-14H,4-5,15-16H2,1-3H3. The van der Waals surface area contributed by atoms with Crippen LogP contribution in [0.1, 0.15) is 20.3 Å².